The molecule has 13 nitrogen and oxygen atoms in total. The number of nitrogens with zero attached hydrogens (tertiary/aromatic N) is 1. The first-order valence-corrected chi connectivity index (χ1v) is 18.7. The van der Waals surface area contributed by atoms with E-state index in [0.717, 1.165) is 69.7 Å². The number of nitrogens with one attached hydrogen (secondary N) is 1. The molecule has 0 aliphatic heterocycles. The van der Waals surface area contributed by atoms with E-state index in [-0.39, 0.29) is 27.8 Å². The molecule has 3 aromatic rings. The lowest BCUT2D eigenvalue weighted by Gasteiger charge is -2.22. The summed E-state index contributed by atoms with van der Waals surface area (Å²) in [6, 6.07) is 15.7. The second kappa shape index (κ2) is 18.8. The molecular weight excluding hydrogens is 663 g/mol. The lowest BCUT2D eigenvalue weighted by atomic mass is 10.1. The van der Waals surface area contributed by atoms with Crippen LogP contribution in [0.4, 0.5) is 5.69 Å². The van der Waals surface area contributed by atoms with Crippen molar-refractivity contribution in [2.75, 3.05) is 30.8 Å². The van der Waals surface area contributed by atoms with Gasteiger partial charge < -0.3 is 30.2 Å². The monoisotopic (exact) mass is 707 g/mol. The van der Waals surface area contributed by atoms with Crippen molar-refractivity contribution in [3.8, 4) is 5.75 Å². The SMILES string of the molecule is CC(=O)ON(c1ccc(S(N)(=O)=O)cc1)S(=O)(=O)c1cccc(CCCCOCCCCCCNC[C@@H](O)c2ccc(O)c(CO)c2)c1. The van der Waals surface area contributed by atoms with Gasteiger partial charge in [-0.25, -0.2) is 18.4 Å². The molecule has 3 aromatic carbocycles. The quantitative estimate of drug-likeness (QED) is 0.0801. The van der Waals surface area contributed by atoms with Gasteiger partial charge in [-0.1, -0.05) is 35.5 Å². The fourth-order valence-electron chi connectivity index (χ4n) is 4.81. The highest BCUT2D eigenvalue weighted by molar-refractivity contribution is 7.92. The van der Waals surface area contributed by atoms with Crippen LogP contribution < -0.4 is 14.9 Å². The number of carbonyl (C=O) groups excluding carboxylic acids is 1. The van der Waals surface area contributed by atoms with Crippen molar-refractivity contribution in [3.05, 3.63) is 83.4 Å². The molecule has 0 saturated carbocycles. The molecule has 15 heteroatoms. The Balaban J connectivity index is 1.33. The maximum absolute atomic E-state index is 13.4. The van der Waals surface area contributed by atoms with Gasteiger partial charge in [-0.2, -0.15) is 8.42 Å². The number of unbranched alkanes of at least 4 members (excludes halogenated alkanes) is 4. The third kappa shape index (κ3) is 12.1. The van der Waals surface area contributed by atoms with E-state index < -0.39 is 32.1 Å². The normalized spacial score (nSPS) is 12.5. The molecule has 1 atom stereocenters. The van der Waals surface area contributed by atoms with Crippen LogP contribution in [0.2, 0.25) is 0 Å². The third-order valence-electron chi connectivity index (χ3n) is 7.39. The smallest absolute Gasteiger partial charge is 0.330 e. The maximum atomic E-state index is 13.4. The van der Waals surface area contributed by atoms with Crippen molar-refractivity contribution in [1.82, 2.24) is 5.32 Å². The van der Waals surface area contributed by atoms with Crippen molar-refractivity contribution in [3.63, 3.8) is 0 Å². The summed E-state index contributed by atoms with van der Waals surface area (Å²) < 4.78 is 56.3. The number of hydrogen-bond donors (Lipinski definition) is 5. The van der Waals surface area contributed by atoms with Gasteiger partial charge >= 0.3 is 5.97 Å². The van der Waals surface area contributed by atoms with E-state index in [2.05, 4.69) is 5.32 Å². The number of nitrogens with two attached hydrogens (primary N) is 1. The minimum absolute atomic E-state index is 0.00670. The molecule has 3 rings (SSSR count). The van der Waals surface area contributed by atoms with Crippen LogP contribution in [0.25, 0.3) is 0 Å². The first-order chi connectivity index (χ1) is 22.8. The molecule has 0 aliphatic carbocycles. The Morgan fingerprint density at radius 1 is 0.896 bits per heavy atom. The summed E-state index contributed by atoms with van der Waals surface area (Å²) in [5.74, 6) is -0.868. The van der Waals surface area contributed by atoms with Gasteiger partial charge in [0.15, 0.2) is 0 Å². The average Bonchev–Trinajstić information content (AvgIpc) is 3.05. The van der Waals surface area contributed by atoms with Gasteiger partial charge in [-0.15, -0.1) is 0 Å². The number of carbonyl (C=O) groups is 1. The first-order valence-electron chi connectivity index (χ1n) is 15.7. The molecule has 0 heterocycles. The van der Waals surface area contributed by atoms with Crippen molar-refractivity contribution >= 4 is 31.7 Å². The van der Waals surface area contributed by atoms with E-state index >= 15 is 0 Å². The predicted molar refractivity (Wildman–Crippen MR) is 180 cm³/mol. The number of benzene rings is 3. The lowest BCUT2D eigenvalue weighted by Crippen LogP contribution is -2.33. The van der Waals surface area contributed by atoms with Crippen LogP contribution in [-0.4, -0.2) is 64.4 Å². The van der Waals surface area contributed by atoms with Crippen LogP contribution in [0.5, 0.6) is 5.75 Å². The zero-order valence-electron chi connectivity index (χ0n) is 27.0. The first kappa shape index (κ1) is 38.9. The average molecular weight is 708 g/mol. The Morgan fingerprint density at radius 2 is 1.58 bits per heavy atom. The number of primary sulfonamides is 1. The van der Waals surface area contributed by atoms with Crippen molar-refractivity contribution in [1.29, 1.82) is 0 Å². The molecule has 0 fully saturated rings. The molecule has 264 valence electrons. The van der Waals surface area contributed by atoms with E-state index in [1.807, 2.05) is 6.07 Å². The molecule has 6 N–H and O–H groups in total. The van der Waals surface area contributed by atoms with Crippen molar-refractivity contribution in [2.45, 2.75) is 74.4 Å². The summed E-state index contributed by atoms with van der Waals surface area (Å²) in [7, 11) is -8.34. The molecule has 0 unspecified atom stereocenters. The number of phenols is 1. The van der Waals surface area contributed by atoms with Gasteiger partial charge in [-0.3, -0.25) is 0 Å². The fourth-order valence-corrected chi connectivity index (χ4v) is 6.67. The summed E-state index contributed by atoms with van der Waals surface area (Å²) in [6.45, 7) is 3.15. The highest BCUT2D eigenvalue weighted by atomic mass is 32.2. The Kier molecular flexibility index (Phi) is 15.3. The van der Waals surface area contributed by atoms with E-state index in [4.69, 9.17) is 14.7 Å². The molecule has 0 aromatic heterocycles. The van der Waals surface area contributed by atoms with Crippen LogP contribution in [-0.2, 0) is 47.4 Å². The van der Waals surface area contributed by atoms with Crippen molar-refractivity contribution < 1.29 is 46.5 Å². The van der Waals surface area contributed by atoms with Crippen LogP contribution in [0.3, 0.4) is 0 Å². The Labute approximate surface area is 282 Å². The highest BCUT2D eigenvalue weighted by Crippen LogP contribution is 2.27. The number of anilines is 1. The molecule has 0 saturated heterocycles. The van der Waals surface area contributed by atoms with Crippen LogP contribution in [0.1, 0.15) is 68.2 Å². The zero-order valence-corrected chi connectivity index (χ0v) is 28.6. The minimum Gasteiger partial charge on any atom is -0.508 e. The van der Waals surface area contributed by atoms with Crippen LogP contribution >= 0.6 is 0 Å². The number of hydrogen-bond acceptors (Lipinski definition) is 11. The van der Waals surface area contributed by atoms with E-state index in [9.17, 15) is 36.9 Å². The number of sulfonamides is 2. The third-order valence-corrected chi connectivity index (χ3v) is 9.90. The molecule has 0 spiro atoms. The number of aliphatic hydroxyl groups excluding tert-OH is 2. The summed E-state index contributed by atoms with van der Waals surface area (Å²) in [5.41, 5.74) is 1.73. The van der Waals surface area contributed by atoms with Crippen molar-refractivity contribution in [2.24, 2.45) is 5.14 Å². The Hall–Kier alpha value is -3.57. The number of rotatable bonds is 21. The number of aryl methyl sites for hydroxylation is 1. The standard InChI is InChI=1S/C33H45N3O10S2/c1-25(38)46-36(29-13-15-30(16-14-29)47(34,41)42)48(43,44)31-11-8-10-26(21-31)9-4-7-20-45-19-6-3-2-5-18-35-23-33(40)27-12-17-32(39)28(22-27)24-37/h8,10-17,21-22,33,35,37,39-40H,2-7,9,18-20,23-24H2,1H3,(H2,34,41,42)/t33-/m1/s1. The predicted octanol–water partition coefficient (Wildman–Crippen LogP) is 3.43. The van der Waals surface area contributed by atoms with Crippen LogP contribution in [0, 0.1) is 0 Å². The van der Waals surface area contributed by atoms with Gasteiger partial charge in [0.05, 0.1) is 28.2 Å². The molecule has 0 radical (unpaired) electrons. The van der Waals surface area contributed by atoms with Gasteiger partial charge in [-0.05, 0) is 98.3 Å². The van der Waals surface area contributed by atoms with Gasteiger partial charge in [0.1, 0.15) is 5.75 Å². The summed E-state index contributed by atoms with van der Waals surface area (Å²) in [4.78, 5) is 16.5. The molecule has 48 heavy (non-hydrogen) atoms. The molecule has 0 aliphatic rings. The van der Waals surface area contributed by atoms with E-state index in [0.29, 0.717) is 41.8 Å². The lowest BCUT2D eigenvalue weighted by molar-refractivity contribution is -0.140. The van der Waals surface area contributed by atoms with Gasteiger partial charge in [0.2, 0.25) is 10.0 Å². The number of aromatic hydroxyl groups is 1. The number of aliphatic hydroxyl groups is 2. The Morgan fingerprint density at radius 3 is 2.25 bits per heavy atom. The zero-order chi connectivity index (χ0) is 35.2. The summed E-state index contributed by atoms with van der Waals surface area (Å²) in [5, 5.41) is 37.6. The van der Waals surface area contributed by atoms with E-state index in [1.54, 1.807) is 18.2 Å². The Bertz CT molecular complexity index is 1680. The second-order valence-corrected chi connectivity index (χ2v) is 14.6. The molecular formula is C33H45N3O10S2. The van der Waals surface area contributed by atoms with E-state index in [1.165, 1.54) is 30.3 Å². The topological polar surface area (TPSA) is 206 Å². The van der Waals surface area contributed by atoms with Crippen LogP contribution in [0.15, 0.2) is 76.5 Å². The van der Waals surface area contributed by atoms with Gasteiger partial charge in [0, 0.05) is 32.2 Å². The fraction of sp³-hybridized carbons (Fsp3) is 0.424. The largest absolute Gasteiger partial charge is 0.508 e. The molecule has 0 amide bonds. The minimum atomic E-state index is -4.34. The van der Waals surface area contributed by atoms with Gasteiger partial charge in [0.25, 0.3) is 10.0 Å². The maximum Gasteiger partial charge on any atom is 0.330 e. The number of ether oxygens (including phenoxy) is 1. The molecule has 0 bridgehead atoms. The highest BCUT2D eigenvalue weighted by Gasteiger charge is 2.29. The summed E-state index contributed by atoms with van der Waals surface area (Å²) >= 11 is 0. The summed E-state index contributed by atoms with van der Waals surface area (Å²) in [6.07, 6.45) is 5.39. The second-order valence-electron chi connectivity index (χ2n) is 11.3.